The highest BCUT2D eigenvalue weighted by molar-refractivity contribution is 7.89. The second-order valence-corrected chi connectivity index (χ2v) is 7.07. The van der Waals surface area contributed by atoms with Crippen LogP contribution in [0.25, 0.3) is 0 Å². The number of rotatable bonds is 8. The van der Waals surface area contributed by atoms with Gasteiger partial charge in [0, 0.05) is 5.92 Å². The van der Waals surface area contributed by atoms with Crippen LogP contribution < -0.4 is 9.46 Å². The molecule has 23 heavy (non-hydrogen) atoms. The number of nitrogens with one attached hydrogen (secondary N) is 1. The average molecular weight is 343 g/mol. The molecule has 0 fully saturated rings. The third-order valence-electron chi connectivity index (χ3n) is 2.86. The van der Waals surface area contributed by atoms with Crippen molar-refractivity contribution in [2.24, 2.45) is 0 Å². The van der Waals surface area contributed by atoms with Crippen LogP contribution in [0.3, 0.4) is 0 Å². The molecule has 0 radical (unpaired) electrons. The van der Waals surface area contributed by atoms with Crippen molar-refractivity contribution in [3.05, 3.63) is 41.8 Å². The van der Waals surface area contributed by atoms with Crippen LogP contribution in [0.4, 0.5) is 4.39 Å². The summed E-state index contributed by atoms with van der Waals surface area (Å²) in [6.07, 6.45) is 0. The summed E-state index contributed by atoms with van der Waals surface area (Å²) < 4.78 is 49.0. The Kier molecular flexibility index (Phi) is 5.67. The van der Waals surface area contributed by atoms with Gasteiger partial charge in [0.1, 0.15) is 18.2 Å². The van der Waals surface area contributed by atoms with Gasteiger partial charge in [-0.25, -0.2) is 17.5 Å². The predicted octanol–water partition coefficient (Wildman–Crippen LogP) is 1.83. The molecule has 2 rings (SSSR count). The highest BCUT2D eigenvalue weighted by atomic mass is 32.2. The van der Waals surface area contributed by atoms with E-state index in [2.05, 4.69) is 14.9 Å². The van der Waals surface area contributed by atoms with E-state index >= 15 is 0 Å². The van der Waals surface area contributed by atoms with E-state index < -0.39 is 10.0 Å². The maximum Gasteiger partial charge on any atom is 0.229 e. The lowest BCUT2D eigenvalue weighted by Gasteiger charge is -2.07. The van der Waals surface area contributed by atoms with Crippen molar-refractivity contribution in [3.63, 3.8) is 0 Å². The minimum Gasteiger partial charge on any atom is -0.492 e. The molecule has 0 atom stereocenters. The van der Waals surface area contributed by atoms with Crippen LogP contribution in [-0.2, 0) is 16.6 Å². The molecule has 0 aliphatic carbocycles. The van der Waals surface area contributed by atoms with Gasteiger partial charge < -0.3 is 9.26 Å². The molecule has 1 aromatic carbocycles. The number of benzene rings is 1. The van der Waals surface area contributed by atoms with E-state index in [1.165, 1.54) is 24.3 Å². The molecule has 1 aromatic heterocycles. The van der Waals surface area contributed by atoms with Crippen molar-refractivity contribution in [1.29, 1.82) is 0 Å². The number of hydrogen-bond acceptors (Lipinski definition) is 6. The van der Waals surface area contributed by atoms with Gasteiger partial charge >= 0.3 is 0 Å². The Morgan fingerprint density at radius 2 is 2.00 bits per heavy atom. The lowest BCUT2D eigenvalue weighted by molar-refractivity contribution is 0.339. The van der Waals surface area contributed by atoms with Gasteiger partial charge in [-0.1, -0.05) is 19.0 Å². The Labute approximate surface area is 133 Å². The molecular weight excluding hydrogens is 325 g/mol. The summed E-state index contributed by atoms with van der Waals surface area (Å²) in [5.74, 6) is 0.598. The molecule has 0 aliphatic rings. The first-order valence-corrected chi connectivity index (χ1v) is 8.69. The van der Waals surface area contributed by atoms with E-state index in [-0.39, 0.29) is 36.5 Å². The Morgan fingerprint density at radius 1 is 1.30 bits per heavy atom. The third-order valence-corrected chi connectivity index (χ3v) is 4.15. The van der Waals surface area contributed by atoms with E-state index in [1.54, 1.807) is 0 Å². The van der Waals surface area contributed by atoms with E-state index in [4.69, 9.17) is 9.26 Å². The Balaban J connectivity index is 1.78. The predicted molar refractivity (Wildman–Crippen MR) is 80.9 cm³/mol. The van der Waals surface area contributed by atoms with Gasteiger partial charge in [0.2, 0.25) is 15.9 Å². The van der Waals surface area contributed by atoms with Gasteiger partial charge in [-0.05, 0) is 24.3 Å². The summed E-state index contributed by atoms with van der Waals surface area (Å²) in [5.41, 5.74) is 0. The van der Waals surface area contributed by atoms with Crippen molar-refractivity contribution in [1.82, 2.24) is 14.9 Å². The van der Waals surface area contributed by atoms with Gasteiger partial charge in [0.05, 0.1) is 12.3 Å². The smallest absolute Gasteiger partial charge is 0.229 e. The average Bonchev–Trinajstić information content (AvgIpc) is 2.97. The molecule has 2 aromatic rings. The normalized spacial score (nSPS) is 11.8. The van der Waals surface area contributed by atoms with Crippen LogP contribution in [0, 0.1) is 5.82 Å². The highest BCUT2D eigenvalue weighted by Crippen LogP contribution is 2.12. The zero-order valence-corrected chi connectivity index (χ0v) is 13.6. The van der Waals surface area contributed by atoms with Crippen LogP contribution in [0.1, 0.15) is 31.5 Å². The minimum absolute atomic E-state index is 0.0465. The highest BCUT2D eigenvalue weighted by Gasteiger charge is 2.14. The SMILES string of the molecule is CC(C)c1nc(CNS(=O)(=O)CCOc2ccc(F)cc2)no1. The summed E-state index contributed by atoms with van der Waals surface area (Å²) >= 11 is 0. The third kappa shape index (κ3) is 5.61. The van der Waals surface area contributed by atoms with Crippen LogP contribution >= 0.6 is 0 Å². The molecule has 0 aliphatic heterocycles. The monoisotopic (exact) mass is 343 g/mol. The van der Waals surface area contributed by atoms with Crippen molar-refractivity contribution >= 4 is 10.0 Å². The van der Waals surface area contributed by atoms with Gasteiger partial charge in [-0.2, -0.15) is 4.98 Å². The van der Waals surface area contributed by atoms with Crippen molar-refractivity contribution in [2.45, 2.75) is 26.3 Å². The first-order chi connectivity index (χ1) is 10.9. The van der Waals surface area contributed by atoms with E-state index in [9.17, 15) is 12.8 Å². The summed E-state index contributed by atoms with van der Waals surface area (Å²) in [6, 6.07) is 5.35. The van der Waals surface area contributed by atoms with Gasteiger partial charge in [-0.15, -0.1) is 0 Å². The molecule has 1 N–H and O–H groups in total. The molecular formula is C14H18FN3O4S. The van der Waals surface area contributed by atoms with E-state index in [0.717, 1.165) is 0 Å². The summed E-state index contributed by atoms with van der Waals surface area (Å²) in [6.45, 7) is 3.70. The maximum atomic E-state index is 12.7. The van der Waals surface area contributed by atoms with E-state index in [0.29, 0.717) is 11.6 Å². The van der Waals surface area contributed by atoms with Crippen LogP contribution in [0.2, 0.25) is 0 Å². The molecule has 7 nitrogen and oxygen atoms in total. The van der Waals surface area contributed by atoms with Crippen LogP contribution in [-0.4, -0.2) is 30.9 Å². The minimum atomic E-state index is -3.54. The molecule has 0 spiro atoms. The Hall–Kier alpha value is -2.00. The standard InChI is InChI=1S/C14H18FN3O4S/c1-10(2)14-17-13(18-22-14)9-16-23(19,20)8-7-21-12-5-3-11(15)4-6-12/h3-6,10,16H,7-9H2,1-2H3. The van der Waals surface area contributed by atoms with Gasteiger partial charge in [0.15, 0.2) is 5.82 Å². The topological polar surface area (TPSA) is 94.3 Å². The molecule has 0 bridgehead atoms. The fourth-order valence-electron chi connectivity index (χ4n) is 1.62. The molecule has 0 saturated heterocycles. The van der Waals surface area contributed by atoms with Crippen LogP contribution in [0.15, 0.2) is 28.8 Å². The summed E-state index contributed by atoms with van der Waals surface area (Å²) in [4.78, 5) is 4.08. The zero-order valence-electron chi connectivity index (χ0n) is 12.8. The second kappa shape index (κ2) is 7.51. The number of sulfonamides is 1. The molecule has 0 unspecified atom stereocenters. The van der Waals surface area contributed by atoms with Gasteiger partial charge in [-0.3, -0.25) is 0 Å². The fourth-order valence-corrected chi connectivity index (χ4v) is 2.42. The summed E-state index contributed by atoms with van der Waals surface area (Å²) in [7, 11) is -3.54. The first-order valence-electron chi connectivity index (χ1n) is 7.04. The fraction of sp³-hybridized carbons (Fsp3) is 0.429. The van der Waals surface area contributed by atoms with Crippen molar-refractivity contribution in [2.75, 3.05) is 12.4 Å². The molecule has 126 valence electrons. The zero-order chi connectivity index (χ0) is 16.9. The van der Waals surface area contributed by atoms with Crippen molar-refractivity contribution < 1.29 is 22.1 Å². The molecule has 1 heterocycles. The summed E-state index contributed by atoms with van der Waals surface area (Å²) in [5, 5.41) is 3.70. The first kappa shape index (κ1) is 17.4. The molecule has 0 saturated carbocycles. The van der Waals surface area contributed by atoms with Crippen LogP contribution in [0.5, 0.6) is 5.75 Å². The lowest BCUT2D eigenvalue weighted by Crippen LogP contribution is -2.29. The Morgan fingerprint density at radius 3 is 2.61 bits per heavy atom. The van der Waals surface area contributed by atoms with E-state index in [1.807, 2.05) is 13.8 Å². The number of nitrogens with zero attached hydrogens (tertiary/aromatic N) is 2. The molecule has 0 amide bonds. The lowest BCUT2D eigenvalue weighted by atomic mass is 10.2. The number of aromatic nitrogens is 2. The number of ether oxygens (including phenoxy) is 1. The Bertz CT molecular complexity index is 729. The number of hydrogen-bond donors (Lipinski definition) is 1. The molecule has 9 heteroatoms. The quantitative estimate of drug-likeness (QED) is 0.786. The van der Waals surface area contributed by atoms with Crippen molar-refractivity contribution in [3.8, 4) is 5.75 Å². The maximum absolute atomic E-state index is 12.7. The van der Waals surface area contributed by atoms with Gasteiger partial charge in [0.25, 0.3) is 0 Å². The largest absolute Gasteiger partial charge is 0.492 e. The second-order valence-electron chi connectivity index (χ2n) is 5.15. The number of halogens is 1.